The average Bonchev–Trinajstić information content (AvgIpc) is 3.48. The number of nitrogens with zero attached hydrogens (tertiary/aromatic N) is 3. The van der Waals surface area contributed by atoms with E-state index in [9.17, 15) is 9.59 Å². The first kappa shape index (κ1) is 20.0. The van der Waals surface area contributed by atoms with Gasteiger partial charge in [-0.3, -0.25) is 14.8 Å². The van der Waals surface area contributed by atoms with Crippen LogP contribution in [0.25, 0.3) is 10.6 Å². The summed E-state index contributed by atoms with van der Waals surface area (Å²) in [6.45, 7) is 0. The maximum absolute atomic E-state index is 12.8. The molecule has 0 atom stereocenters. The van der Waals surface area contributed by atoms with Gasteiger partial charge in [-0.25, -0.2) is 9.78 Å². The fraction of sp³-hybridized carbons (Fsp3) is 0.143. The second kappa shape index (κ2) is 8.60. The highest BCUT2D eigenvalue weighted by Gasteiger charge is 2.22. The van der Waals surface area contributed by atoms with Gasteiger partial charge in [0.1, 0.15) is 11.4 Å². The van der Waals surface area contributed by atoms with Crippen LogP contribution in [0, 0.1) is 0 Å². The minimum Gasteiger partial charge on any atom is -0.464 e. The topological polar surface area (TPSA) is 86.1 Å². The van der Waals surface area contributed by atoms with Crippen molar-refractivity contribution in [3.8, 4) is 10.6 Å². The van der Waals surface area contributed by atoms with Crippen LogP contribution in [0.15, 0.2) is 53.9 Å². The van der Waals surface area contributed by atoms with E-state index in [0.29, 0.717) is 17.2 Å². The fourth-order valence-corrected chi connectivity index (χ4v) is 4.61. The van der Waals surface area contributed by atoms with Crippen molar-refractivity contribution in [1.82, 2.24) is 14.8 Å². The van der Waals surface area contributed by atoms with Crippen molar-refractivity contribution in [2.75, 3.05) is 12.4 Å². The smallest absolute Gasteiger partial charge is 0.357 e. The molecule has 1 N–H and O–H groups in total. The van der Waals surface area contributed by atoms with Gasteiger partial charge in [-0.2, -0.15) is 5.10 Å². The van der Waals surface area contributed by atoms with Gasteiger partial charge in [-0.15, -0.1) is 22.7 Å². The molecule has 1 aromatic carbocycles. The van der Waals surface area contributed by atoms with E-state index in [1.807, 2.05) is 47.8 Å². The molecule has 4 aromatic rings. The van der Waals surface area contributed by atoms with Gasteiger partial charge in [0.05, 0.1) is 12.0 Å². The Morgan fingerprint density at radius 1 is 1.17 bits per heavy atom. The number of ether oxygens (including phenoxy) is 1. The van der Waals surface area contributed by atoms with Gasteiger partial charge < -0.3 is 4.74 Å². The van der Waals surface area contributed by atoms with Crippen molar-refractivity contribution in [1.29, 1.82) is 0 Å². The first-order chi connectivity index (χ1) is 14.5. The molecule has 7 nitrogen and oxygen atoms in total. The zero-order valence-corrected chi connectivity index (χ0v) is 17.9. The number of carbonyl (C=O) groups excluding carboxylic acids is 2. The molecule has 152 valence electrons. The number of rotatable bonds is 6. The Hall–Kier alpha value is -3.30. The highest BCUT2D eigenvalue weighted by Crippen LogP contribution is 2.28. The summed E-state index contributed by atoms with van der Waals surface area (Å²) in [6.07, 6.45) is 0.521. The van der Waals surface area contributed by atoms with E-state index in [0.717, 1.165) is 21.0 Å². The fourth-order valence-electron chi connectivity index (χ4n) is 2.95. The second-order valence-corrected chi connectivity index (χ2v) is 8.45. The number of hydrogen-bond donors (Lipinski definition) is 1. The van der Waals surface area contributed by atoms with Crippen LogP contribution in [0.1, 0.15) is 31.4 Å². The molecule has 3 heterocycles. The van der Waals surface area contributed by atoms with Gasteiger partial charge >= 0.3 is 5.97 Å². The van der Waals surface area contributed by atoms with Gasteiger partial charge in [0, 0.05) is 18.3 Å². The number of thiazole rings is 1. The Bertz CT molecular complexity index is 1180. The monoisotopic (exact) mass is 438 g/mol. The van der Waals surface area contributed by atoms with Crippen molar-refractivity contribution in [2.24, 2.45) is 7.05 Å². The lowest BCUT2D eigenvalue weighted by molar-refractivity contribution is 0.0593. The maximum atomic E-state index is 12.8. The summed E-state index contributed by atoms with van der Waals surface area (Å²) in [5.74, 6) is -0.873. The molecule has 0 saturated heterocycles. The predicted molar refractivity (Wildman–Crippen MR) is 117 cm³/mol. The minimum absolute atomic E-state index is 0.214. The normalized spacial score (nSPS) is 10.7. The summed E-state index contributed by atoms with van der Waals surface area (Å²) < 4.78 is 6.39. The molecular weight excluding hydrogens is 420 g/mol. The van der Waals surface area contributed by atoms with Gasteiger partial charge in [0.25, 0.3) is 5.91 Å². The number of hydrogen-bond acceptors (Lipinski definition) is 7. The van der Waals surface area contributed by atoms with Crippen LogP contribution in [-0.4, -0.2) is 33.8 Å². The molecule has 4 rings (SSSR count). The summed E-state index contributed by atoms with van der Waals surface area (Å²) in [6, 6.07) is 15.4. The molecule has 0 fully saturated rings. The third-order valence-electron chi connectivity index (χ3n) is 4.39. The van der Waals surface area contributed by atoms with Crippen LogP contribution >= 0.6 is 22.7 Å². The van der Waals surface area contributed by atoms with Gasteiger partial charge in [0.15, 0.2) is 10.8 Å². The van der Waals surface area contributed by atoms with Crippen LogP contribution in [-0.2, 0) is 18.2 Å². The van der Waals surface area contributed by atoms with E-state index in [2.05, 4.69) is 15.4 Å². The number of anilines is 1. The quantitative estimate of drug-likeness (QED) is 0.455. The van der Waals surface area contributed by atoms with Crippen molar-refractivity contribution in [3.05, 3.63) is 75.7 Å². The Labute approximate surface area is 181 Å². The SMILES string of the molecule is COC(=O)c1nc(NC(=O)c2cc(-c3cccs3)nn2C)sc1Cc1ccccc1. The zero-order chi connectivity index (χ0) is 21.1. The molecule has 0 radical (unpaired) electrons. The molecule has 0 aliphatic rings. The summed E-state index contributed by atoms with van der Waals surface area (Å²) in [7, 11) is 3.03. The molecule has 0 aliphatic heterocycles. The van der Waals surface area contributed by atoms with E-state index in [1.54, 1.807) is 24.5 Å². The largest absolute Gasteiger partial charge is 0.464 e. The van der Waals surface area contributed by atoms with Crippen LogP contribution in [0.3, 0.4) is 0 Å². The second-order valence-electron chi connectivity index (χ2n) is 6.41. The van der Waals surface area contributed by atoms with Gasteiger partial charge in [0.2, 0.25) is 0 Å². The number of amides is 1. The van der Waals surface area contributed by atoms with Crippen molar-refractivity contribution in [3.63, 3.8) is 0 Å². The highest BCUT2D eigenvalue weighted by atomic mass is 32.1. The van der Waals surface area contributed by atoms with Crippen molar-refractivity contribution < 1.29 is 14.3 Å². The number of methoxy groups -OCH3 is 1. The average molecular weight is 439 g/mol. The lowest BCUT2D eigenvalue weighted by Gasteiger charge is -2.01. The molecule has 0 unspecified atom stereocenters. The first-order valence-corrected chi connectivity index (χ1v) is 10.8. The molecule has 0 saturated carbocycles. The van der Waals surface area contributed by atoms with Gasteiger partial charge in [-0.05, 0) is 23.1 Å². The lowest BCUT2D eigenvalue weighted by atomic mass is 10.1. The summed E-state index contributed by atoms with van der Waals surface area (Å²) in [5, 5.41) is 9.50. The van der Waals surface area contributed by atoms with Crippen LogP contribution in [0.5, 0.6) is 0 Å². The molecule has 1 amide bonds. The van der Waals surface area contributed by atoms with Crippen LogP contribution in [0.2, 0.25) is 0 Å². The minimum atomic E-state index is -0.529. The number of nitrogens with one attached hydrogen (secondary N) is 1. The predicted octanol–water partition coefficient (Wildman–Crippen LogP) is 4.23. The molecule has 0 aliphatic carbocycles. The molecular formula is C21H18N4O3S2. The Balaban J connectivity index is 1.58. The summed E-state index contributed by atoms with van der Waals surface area (Å²) >= 11 is 2.82. The summed E-state index contributed by atoms with van der Waals surface area (Å²) in [4.78, 5) is 31.0. The van der Waals surface area contributed by atoms with Crippen LogP contribution < -0.4 is 5.32 Å². The third-order valence-corrected chi connectivity index (χ3v) is 6.25. The number of aromatic nitrogens is 3. The Morgan fingerprint density at radius 3 is 2.67 bits per heavy atom. The van der Waals surface area contributed by atoms with Crippen molar-refractivity contribution in [2.45, 2.75) is 6.42 Å². The highest BCUT2D eigenvalue weighted by molar-refractivity contribution is 7.16. The molecule has 9 heteroatoms. The number of esters is 1. The molecule has 0 spiro atoms. The van der Waals surface area contributed by atoms with Gasteiger partial charge in [-0.1, -0.05) is 36.4 Å². The van der Waals surface area contributed by atoms with Crippen LogP contribution in [0.4, 0.5) is 5.13 Å². The molecule has 30 heavy (non-hydrogen) atoms. The summed E-state index contributed by atoms with van der Waals surface area (Å²) in [5.41, 5.74) is 2.39. The maximum Gasteiger partial charge on any atom is 0.357 e. The standard InChI is InChI=1S/C21H18N4O3S2/c1-25-15(12-14(24-25)16-9-6-10-29-16)19(26)23-21-22-18(20(27)28-2)17(30-21)11-13-7-4-3-5-8-13/h3-10,12H,11H2,1-2H3,(H,22,23,26). The van der Waals surface area contributed by atoms with E-state index in [4.69, 9.17) is 4.74 Å². The number of carbonyl (C=O) groups is 2. The number of benzene rings is 1. The van der Waals surface area contributed by atoms with E-state index >= 15 is 0 Å². The third kappa shape index (κ3) is 4.17. The van der Waals surface area contributed by atoms with E-state index in [-0.39, 0.29) is 11.6 Å². The van der Waals surface area contributed by atoms with E-state index < -0.39 is 5.97 Å². The molecule has 0 bridgehead atoms. The Morgan fingerprint density at radius 2 is 1.97 bits per heavy atom. The Kier molecular flexibility index (Phi) is 5.73. The number of thiophene rings is 1. The van der Waals surface area contributed by atoms with Crippen molar-refractivity contribution >= 4 is 39.7 Å². The zero-order valence-electron chi connectivity index (χ0n) is 16.3. The number of aryl methyl sites for hydroxylation is 1. The first-order valence-electron chi connectivity index (χ1n) is 9.06. The molecule has 3 aromatic heterocycles. The lowest BCUT2D eigenvalue weighted by Crippen LogP contribution is -2.16. The van der Waals surface area contributed by atoms with E-state index in [1.165, 1.54) is 23.1 Å².